The van der Waals surface area contributed by atoms with Gasteiger partial charge in [-0.05, 0) is 36.3 Å². The summed E-state index contributed by atoms with van der Waals surface area (Å²) in [5, 5.41) is 35.8. The van der Waals surface area contributed by atoms with Crippen LogP contribution in [-0.2, 0) is 6.54 Å². The molecule has 34 heavy (non-hydrogen) atoms. The molecule has 7 heteroatoms. The second kappa shape index (κ2) is 8.16. The van der Waals surface area contributed by atoms with Crippen LogP contribution in [-0.4, -0.2) is 45.1 Å². The lowest BCUT2D eigenvalue weighted by Gasteiger charge is -2.42. The summed E-state index contributed by atoms with van der Waals surface area (Å²) in [6, 6.07) is 5.63. The standard InChI is InChI=1S/C27H22N2O5/c1-13(30)20-17-9-4-2-3-5-10-18(31)22(20)16-11-19(32)23-24(25(16)29-17)26(33)15-8-6-7-14(12-28)21(15)27(23)34/h2-3,6-8,11,13,17-18,20,22,29-32H,12,28H2,1H3/b3-2-/t13-,17+,18-,20?,22?/m1/s1. The van der Waals surface area contributed by atoms with E-state index in [1.807, 2.05) is 0 Å². The number of carbonyl (C=O) groups is 2. The fourth-order valence-corrected chi connectivity index (χ4v) is 5.25. The van der Waals surface area contributed by atoms with E-state index in [2.05, 4.69) is 29.0 Å². The Morgan fingerprint density at radius 3 is 2.53 bits per heavy atom. The monoisotopic (exact) mass is 454 g/mol. The zero-order chi connectivity index (χ0) is 24.1. The van der Waals surface area contributed by atoms with Crippen molar-refractivity contribution in [3.8, 4) is 29.4 Å². The van der Waals surface area contributed by atoms with Gasteiger partial charge in [-0.2, -0.15) is 0 Å². The molecule has 3 aliphatic rings. The molecule has 2 aromatic carbocycles. The van der Waals surface area contributed by atoms with E-state index in [1.165, 1.54) is 12.1 Å². The molecule has 170 valence electrons. The Morgan fingerprint density at radius 1 is 1.09 bits per heavy atom. The topological polar surface area (TPSA) is 133 Å². The van der Waals surface area contributed by atoms with E-state index in [9.17, 15) is 24.9 Å². The van der Waals surface area contributed by atoms with Crippen molar-refractivity contribution in [2.45, 2.75) is 37.6 Å². The van der Waals surface area contributed by atoms with Gasteiger partial charge in [0.25, 0.3) is 0 Å². The average Bonchev–Trinajstić information content (AvgIpc) is 2.82. The maximum Gasteiger partial charge on any atom is 0.198 e. The van der Waals surface area contributed by atoms with Crippen molar-refractivity contribution in [3.63, 3.8) is 0 Å². The number of carbonyl (C=O) groups excluding carboxylic acids is 2. The lowest BCUT2D eigenvalue weighted by molar-refractivity contribution is 0.0646. The first-order chi connectivity index (χ1) is 16.3. The second-order valence-electron chi connectivity index (χ2n) is 8.63. The first-order valence-electron chi connectivity index (χ1n) is 11.0. The van der Waals surface area contributed by atoms with Crippen LogP contribution in [0.15, 0.2) is 36.4 Å². The molecule has 6 N–H and O–H groups in total. The van der Waals surface area contributed by atoms with Gasteiger partial charge in [0.05, 0.1) is 29.0 Å². The summed E-state index contributed by atoms with van der Waals surface area (Å²) in [5.41, 5.74) is 7.33. The third-order valence-corrected chi connectivity index (χ3v) is 6.71. The molecule has 2 bridgehead atoms. The molecule has 2 unspecified atom stereocenters. The Hall–Kier alpha value is -3.88. The molecule has 0 fully saturated rings. The molecule has 1 aliphatic heterocycles. The maximum atomic E-state index is 13.7. The SMILES string of the molecule is C[C@@H](O)C1C2c3cc(O)c4c(c3N[C@H]1C#C/C=C\C#C[C@H]2O)C(=O)c1cccc(CN)c1C4=O. The smallest absolute Gasteiger partial charge is 0.198 e. The van der Waals surface area contributed by atoms with Gasteiger partial charge in [0, 0.05) is 29.5 Å². The van der Waals surface area contributed by atoms with Crippen LogP contribution in [0.4, 0.5) is 5.69 Å². The minimum absolute atomic E-state index is 0.0234. The molecule has 1 heterocycles. The highest BCUT2D eigenvalue weighted by Gasteiger charge is 2.46. The number of phenols is 1. The van der Waals surface area contributed by atoms with Crippen molar-refractivity contribution in [2.75, 3.05) is 5.32 Å². The number of hydrogen-bond donors (Lipinski definition) is 5. The van der Waals surface area contributed by atoms with Gasteiger partial charge in [0.1, 0.15) is 11.9 Å². The number of hydrogen-bond acceptors (Lipinski definition) is 7. The summed E-state index contributed by atoms with van der Waals surface area (Å²) in [6.07, 6.45) is 0.958. The van der Waals surface area contributed by atoms with E-state index in [0.29, 0.717) is 16.8 Å². The number of aliphatic hydroxyl groups is 2. The van der Waals surface area contributed by atoms with Crippen LogP contribution in [0.3, 0.4) is 0 Å². The average molecular weight is 454 g/mol. The molecule has 0 amide bonds. The molecule has 0 radical (unpaired) electrons. The normalized spacial score (nSPS) is 25.8. The van der Waals surface area contributed by atoms with Gasteiger partial charge < -0.3 is 26.4 Å². The van der Waals surface area contributed by atoms with Gasteiger partial charge in [-0.1, -0.05) is 41.9 Å². The van der Waals surface area contributed by atoms with E-state index in [4.69, 9.17) is 5.73 Å². The number of rotatable bonds is 2. The van der Waals surface area contributed by atoms with Crippen molar-refractivity contribution < 1.29 is 24.9 Å². The van der Waals surface area contributed by atoms with Gasteiger partial charge in [0.2, 0.25) is 0 Å². The number of allylic oxidation sites excluding steroid dienone is 2. The van der Waals surface area contributed by atoms with Crippen LogP contribution in [0.1, 0.15) is 55.8 Å². The highest BCUT2D eigenvalue weighted by atomic mass is 16.3. The molecule has 0 aromatic heterocycles. The number of aliphatic hydroxyl groups excluding tert-OH is 2. The van der Waals surface area contributed by atoms with E-state index in [1.54, 1.807) is 31.2 Å². The van der Waals surface area contributed by atoms with E-state index in [0.717, 1.165) is 0 Å². The fourth-order valence-electron chi connectivity index (χ4n) is 5.25. The minimum Gasteiger partial charge on any atom is -0.507 e. The van der Waals surface area contributed by atoms with E-state index < -0.39 is 41.7 Å². The van der Waals surface area contributed by atoms with Crippen molar-refractivity contribution in [1.29, 1.82) is 0 Å². The number of fused-ring (bicyclic) bond motifs is 7. The van der Waals surface area contributed by atoms with Gasteiger partial charge in [-0.3, -0.25) is 9.59 Å². The number of ketones is 2. The molecule has 0 spiro atoms. The third-order valence-electron chi connectivity index (χ3n) is 6.71. The summed E-state index contributed by atoms with van der Waals surface area (Å²) in [7, 11) is 0. The van der Waals surface area contributed by atoms with Gasteiger partial charge in [-0.25, -0.2) is 0 Å². The zero-order valence-corrected chi connectivity index (χ0v) is 18.3. The molecule has 0 saturated carbocycles. The van der Waals surface area contributed by atoms with Crippen LogP contribution in [0.25, 0.3) is 0 Å². The number of phenolic OH excluding ortho intramolecular Hbond substituents is 1. The largest absolute Gasteiger partial charge is 0.507 e. The molecule has 2 aromatic rings. The van der Waals surface area contributed by atoms with Crippen molar-refractivity contribution >= 4 is 17.3 Å². The Balaban J connectivity index is 1.81. The van der Waals surface area contributed by atoms with Crippen molar-refractivity contribution in [3.05, 3.63) is 69.8 Å². The quantitative estimate of drug-likeness (QED) is 0.292. The highest BCUT2D eigenvalue weighted by Crippen LogP contribution is 2.49. The Labute approximate surface area is 196 Å². The summed E-state index contributed by atoms with van der Waals surface area (Å²) in [5.74, 6) is 8.72. The van der Waals surface area contributed by atoms with Crippen LogP contribution in [0, 0.1) is 29.6 Å². The van der Waals surface area contributed by atoms with Crippen molar-refractivity contribution in [2.24, 2.45) is 11.7 Å². The molecule has 7 nitrogen and oxygen atoms in total. The fraction of sp³-hybridized carbons (Fsp3) is 0.259. The van der Waals surface area contributed by atoms with Gasteiger partial charge in [-0.15, -0.1) is 0 Å². The van der Waals surface area contributed by atoms with E-state index >= 15 is 0 Å². The summed E-state index contributed by atoms with van der Waals surface area (Å²) in [4.78, 5) is 27.2. The first kappa shape index (κ1) is 21.9. The number of nitrogens with one attached hydrogen (secondary N) is 1. The van der Waals surface area contributed by atoms with Crippen LogP contribution < -0.4 is 11.1 Å². The summed E-state index contributed by atoms with van der Waals surface area (Å²) >= 11 is 0. The highest BCUT2D eigenvalue weighted by molar-refractivity contribution is 6.31. The number of anilines is 1. The predicted molar refractivity (Wildman–Crippen MR) is 125 cm³/mol. The van der Waals surface area contributed by atoms with Crippen LogP contribution in [0.5, 0.6) is 5.75 Å². The molecule has 5 rings (SSSR count). The van der Waals surface area contributed by atoms with Crippen LogP contribution in [0.2, 0.25) is 0 Å². The van der Waals surface area contributed by atoms with Crippen molar-refractivity contribution in [1.82, 2.24) is 0 Å². The van der Waals surface area contributed by atoms with E-state index in [-0.39, 0.29) is 34.5 Å². The molecule has 2 aliphatic carbocycles. The lowest BCUT2D eigenvalue weighted by atomic mass is 9.69. The second-order valence-corrected chi connectivity index (χ2v) is 8.63. The first-order valence-corrected chi connectivity index (χ1v) is 11.0. The lowest BCUT2D eigenvalue weighted by Crippen LogP contribution is -2.47. The molecule has 0 saturated heterocycles. The number of nitrogens with two attached hydrogens (primary N) is 1. The number of benzene rings is 2. The number of aromatic hydroxyl groups is 1. The Bertz CT molecular complexity index is 1400. The Kier molecular flexibility index (Phi) is 5.27. The van der Waals surface area contributed by atoms with Gasteiger partial charge >= 0.3 is 0 Å². The zero-order valence-electron chi connectivity index (χ0n) is 18.3. The molecular weight excluding hydrogens is 432 g/mol. The maximum absolute atomic E-state index is 13.7. The summed E-state index contributed by atoms with van der Waals surface area (Å²) in [6.45, 7) is 1.66. The molecule has 5 atom stereocenters. The predicted octanol–water partition coefficient (Wildman–Crippen LogP) is 1.44. The Morgan fingerprint density at radius 2 is 1.82 bits per heavy atom. The van der Waals surface area contributed by atoms with Gasteiger partial charge in [0.15, 0.2) is 11.6 Å². The minimum atomic E-state index is -1.21. The third kappa shape index (κ3) is 3.14. The summed E-state index contributed by atoms with van der Waals surface area (Å²) < 4.78 is 0. The van der Waals surface area contributed by atoms with Crippen LogP contribution >= 0.6 is 0 Å². The molecular formula is C27H22N2O5.